The summed E-state index contributed by atoms with van der Waals surface area (Å²) < 4.78 is 5.64. The van der Waals surface area contributed by atoms with E-state index in [2.05, 4.69) is 10.4 Å². The van der Waals surface area contributed by atoms with Crippen molar-refractivity contribution < 1.29 is 14.3 Å². The lowest BCUT2D eigenvalue weighted by Crippen LogP contribution is -2.41. The van der Waals surface area contributed by atoms with Gasteiger partial charge in [0.05, 0.1) is 18.3 Å². The molecule has 0 bridgehead atoms. The second-order valence-corrected chi connectivity index (χ2v) is 7.29. The first-order valence-electron chi connectivity index (χ1n) is 9.22. The van der Waals surface area contributed by atoms with Gasteiger partial charge in [-0.2, -0.15) is 5.10 Å². The van der Waals surface area contributed by atoms with Crippen LogP contribution in [0.3, 0.4) is 0 Å². The maximum Gasteiger partial charge on any atom is 0.268 e. The average Bonchev–Trinajstić information content (AvgIpc) is 2.71. The molecule has 28 heavy (non-hydrogen) atoms. The molecule has 0 radical (unpaired) electrons. The van der Waals surface area contributed by atoms with Crippen LogP contribution in [-0.4, -0.2) is 24.1 Å². The van der Waals surface area contributed by atoms with Crippen molar-refractivity contribution in [2.75, 3.05) is 11.6 Å². The Bertz CT molecular complexity index is 973. The molecule has 7 heteroatoms. The molecule has 0 unspecified atom stereocenters. The summed E-state index contributed by atoms with van der Waals surface area (Å²) in [5.41, 5.74) is 2.76. The van der Waals surface area contributed by atoms with E-state index in [1.165, 1.54) is 5.01 Å². The number of benzene rings is 2. The maximum atomic E-state index is 12.8. The Morgan fingerprint density at radius 1 is 1.25 bits per heavy atom. The SMILES string of the molecule is Cc1ccc(N2N=C(C(=O)N[C@@H]3CCOc4ccccc43)CCC2=O)cc1Cl. The van der Waals surface area contributed by atoms with Crippen LogP contribution in [0, 0.1) is 6.92 Å². The Labute approximate surface area is 168 Å². The Hall–Kier alpha value is -2.86. The fraction of sp³-hybridized carbons (Fsp3) is 0.286. The van der Waals surface area contributed by atoms with Crippen LogP contribution in [0.2, 0.25) is 5.02 Å². The number of hydrogen-bond donors (Lipinski definition) is 1. The van der Waals surface area contributed by atoms with Gasteiger partial charge in [-0.05, 0) is 30.7 Å². The molecule has 0 fully saturated rings. The van der Waals surface area contributed by atoms with Crippen molar-refractivity contribution in [2.45, 2.75) is 32.2 Å². The van der Waals surface area contributed by atoms with Crippen molar-refractivity contribution in [3.63, 3.8) is 0 Å². The molecule has 2 aliphatic rings. The number of ether oxygens (including phenoxy) is 1. The molecule has 6 nitrogen and oxygen atoms in total. The topological polar surface area (TPSA) is 71.0 Å². The summed E-state index contributed by atoms with van der Waals surface area (Å²) in [7, 11) is 0. The highest BCUT2D eigenvalue weighted by Crippen LogP contribution is 2.32. The number of nitrogens with one attached hydrogen (secondary N) is 1. The first kappa shape index (κ1) is 18.5. The van der Waals surface area contributed by atoms with Crippen LogP contribution in [0.1, 0.15) is 36.4 Å². The van der Waals surface area contributed by atoms with E-state index in [4.69, 9.17) is 16.3 Å². The Morgan fingerprint density at radius 3 is 2.89 bits per heavy atom. The van der Waals surface area contributed by atoms with Gasteiger partial charge >= 0.3 is 0 Å². The first-order valence-corrected chi connectivity index (χ1v) is 9.60. The van der Waals surface area contributed by atoms with E-state index in [9.17, 15) is 9.59 Å². The lowest BCUT2D eigenvalue weighted by atomic mass is 10.00. The normalized spacial score (nSPS) is 18.8. The van der Waals surface area contributed by atoms with Crippen LogP contribution in [0.5, 0.6) is 5.75 Å². The van der Waals surface area contributed by atoms with Gasteiger partial charge in [-0.1, -0.05) is 35.9 Å². The largest absolute Gasteiger partial charge is 0.493 e. The number of hydrazone groups is 1. The Kier molecular flexibility index (Phi) is 5.05. The van der Waals surface area contributed by atoms with Crippen molar-refractivity contribution >= 4 is 34.8 Å². The molecule has 2 amide bonds. The van der Waals surface area contributed by atoms with Crippen molar-refractivity contribution in [3.05, 3.63) is 58.6 Å². The standard InChI is InChI=1S/C21H20ClN3O3/c1-13-6-7-14(12-16(13)22)25-20(26)9-8-18(24-25)21(27)23-17-10-11-28-19-5-3-2-4-15(17)19/h2-7,12,17H,8-11H2,1H3,(H,23,27)/t17-/m1/s1. The fourth-order valence-electron chi connectivity index (χ4n) is 3.37. The van der Waals surface area contributed by atoms with Gasteiger partial charge in [0.1, 0.15) is 11.5 Å². The van der Waals surface area contributed by atoms with E-state index in [0.29, 0.717) is 35.9 Å². The molecular formula is C21H20ClN3O3. The van der Waals surface area contributed by atoms with Crippen LogP contribution < -0.4 is 15.1 Å². The number of carbonyl (C=O) groups excluding carboxylic acids is 2. The predicted octanol–water partition coefficient (Wildman–Crippen LogP) is 3.77. The van der Waals surface area contributed by atoms with E-state index in [1.807, 2.05) is 37.3 Å². The molecule has 0 saturated heterocycles. The third kappa shape index (κ3) is 3.60. The quantitative estimate of drug-likeness (QED) is 0.856. The van der Waals surface area contributed by atoms with E-state index >= 15 is 0 Å². The highest BCUT2D eigenvalue weighted by molar-refractivity contribution is 6.40. The zero-order chi connectivity index (χ0) is 19.7. The van der Waals surface area contributed by atoms with Gasteiger partial charge in [0.2, 0.25) is 5.91 Å². The number of nitrogens with zero attached hydrogens (tertiary/aromatic N) is 2. The molecule has 0 spiro atoms. The number of para-hydroxylation sites is 1. The molecule has 2 aliphatic heterocycles. The fourth-order valence-corrected chi connectivity index (χ4v) is 3.54. The zero-order valence-corrected chi connectivity index (χ0v) is 16.2. The number of halogens is 1. The third-order valence-electron chi connectivity index (χ3n) is 4.96. The number of rotatable bonds is 3. The summed E-state index contributed by atoms with van der Waals surface area (Å²) in [6.07, 6.45) is 1.22. The molecule has 1 atom stereocenters. The van der Waals surface area contributed by atoms with Crippen LogP contribution in [0.15, 0.2) is 47.6 Å². The van der Waals surface area contributed by atoms with Gasteiger partial charge < -0.3 is 10.1 Å². The van der Waals surface area contributed by atoms with Crippen molar-refractivity contribution in [1.82, 2.24) is 5.32 Å². The summed E-state index contributed by atoms with van der Waals surface area (Å²) in [5.74, 6) is 0.362. The van der Waals surface area contributed by atoms with Gasteiger partial charge in [0.25, 0.3) is 5.91 Å². The minimum absolute atomic E-state index is 0.139. The monoisotopic (exact) mass is 397 g/mol. The van der Waals surface area contributed by atoms with Crippen LogP contribution in [-0.2, 0) is 9.59 Å². The van der Waals surface area contributed by atoms with Gasteiger partial charge in [0, 0.05) is 29.8 Å². The van der Waals surface area contributed by atoms with Gasteiger partial charge in [-0.15, -0.1) is 0 Å². The number of anilines is 1. The van der Waals surface area contributed by atoms with Crippen molar-refractivity contribution in [3.8, 4) is 5.75 Å². The molecule has 2 heterocycles. The lowest BCUT2D eigenvalue weighted by molar-refractivity contribution is -0.119. The molecular weight excluding hydrogens is 378 g/mol. The summed E-state index contributed by atoms with van der Waals surface area (Å²) in [6, 6.07) is 12.8. The van der Waals surface area contributed by atoms with E-state index in [-0.39, 0.29) is 24.3 Å². The molecule has 1 N–H and O–H groups in total. The highest BCUT2D eigenvalue weighted by Gasteiger charge is 2.29. The van der Waals surface area contributed by atoms with Crippen LogP contribution in [0.4, 0.5) is 5.69 Å². The molecule has 144 valence electrons. The van der Waals surface area contributed by atoms with E-state index < -0.39 is 0 Å². The minimum atomic E-state index is -0.266. The van der Waals surface area contributed by atoms with Crippen LogP contribution >= 0.6 is 11.6 Å². The average molecular weight is 398 g/mol. The number of fused-ring (bicyclic) bond motifs is 1. The number of hydrogen-bond acceptors (Lipinski definition) is 4. The summed E-state index contributed by atoms with van der Waals surface area (Å²) >= 11 is 6.18. The van der Waals surface area contributed by atoms with Gasteiger partial charge in [-0.25, -0.2) is 5.01 Å². The number of amides is 2. The molecule has 2 aromatic rings. The van der Waals surface area contributed by atoms with Crippen molar-refractivity contribution in [2.24, 2.45) is 5.10 Å². The molecule has 0 aromatic heterocycles. The zero-order valence-electron chi connectivity index (χ0n) is 15.4. The smallest absolute Gasteiger partial charge is 0.268 e. The predicted molar refractivity (Wildman–Crippen MR) is 108 cm³/mol. The van der Waals surface area contributed by atoms with Gasteiger partial charge in [-0.3, -0.25) is 9.59 Å². The van der Waals surface area contributed by atoms with Gasteiger partial charge in [0.15, 0.2) is 0 Å². The van der Waals surface area contributed by atoms with E-state index in [0.717, 1.165) is 16.9 Å². The second-order valence-electron chi connectivity index (χ2n) is 6.89. The molecule has 2 aromatic carbocycles. The number of aryl methyl sites for hydroxylation is 1. The molecule has 0 aliphatic carbocycles. The summed E-state index contributed by atoms with van der Waals surface area (Å²) in [4.78, 5) is 25.2. The molecule has 4 rings (SSSR count). The third-order valence-corrected chi connectivity index (χ3v) is 5.37. The Morgan fingerprint density at radius 2 is 2.07 bits per heavy atom. The maximum absolute atomic E-state index is 12.8. The number of carbonyl (C=O) groups is 2. The van der Waals surface area contributed by atoms with E-state index in [1.54, 1.807) is 12.1 Å². The molecule has 0 saturated carbocycles. The Balaban J connectivity index is 1.56. The summed E-state index contributed by atoms with van der Waals surface area (Å²) in [6.45, 7) is 2.43. The second kappa shape index (κ2) is 7.64. The first-order chi connectivity index (χ1) is 13.5. The summed E-state index contributed by atoms with van der Waals surface area (Å²) in [5, 5.41) is 9.18. The van der Waals surface area contributed by atoms with Crippen molar-refractivity contribution in [1.29, 1.82) is 0 Å². The lowest BCUT2D eigenvalue weighted by Gasteiger charge is -2.28. The highest BCUT2D eigenvalue weighted by atomic mass is 35.5. The van der Waals surface area contributed by atoms with Crippen LogP contribution in [0.25, 0.3) is 0 Å². The minimum Gasteiger partial charge on any atom is -0.493 e.